The highest BCUT2D eigenvalue weighted by Gasteiger charge is 2.16. The number of para-hydroxylation sites is 1. The maximum absolute atomic E-state index is 12.4. The molecule has 0 N–H and O–H groups in total. The van der Waals surface area contributed by atoms with Gasteiger partial charge in [0.05, 0.1) is 5.56 Å². The predicted molar refractivity (Wildman–Crippen MR) is 122 cm³/mol. The fraction of sp³-hybridized carbons (Fsp3) is 0.167. The fourth-order valence-electron chi connectivity index (χ4n) is 2.83. The van der Waals surface area contributed by atoms with Gasteiger partial charge in [0.25, 0.3) is 5.91 Å². The normalized spacial score (nSPS) is 10.5. The quantitative estimate of drug-likeness (QED) is 0.326. The highest BCUT2D eigenvalue weighted by atomic mass is 35.5. The van der Waals surface area contributed by atoms with Crippen molar-refractivity contribution < 1.29 is 14.3 Å². The number of thioether (sulfide) groups is 1. The molecular weight excluding hydrogens is 418 g/mol. The Kier molecular flexibility index (Phi) is 7.94. The molecular formula is C24H22ClNO3S. The van der Waals surface area contributed by atoms with E-state index < -0.39 is 5.97 Å². The van der Waals surface area contributed by atoms with Crippen molar-refractivity contribution in [1.82, 2.24) is 0 Å². The summed E-state index contributed by atoms with van der Waals surface area (Å²) in [6.07, 6.45) is 0. The maximum atomic E-state index is 12.4. The van der Waals surface area contributed by atoms with Crippen LogP contribution in [-0.4, -0.2) is 25.0 Å². The molecule has 0 atom stereocenters. The Morgan fingerprint density at radius 1 is 0.933 bits per heavy atom. The van der Waals surface area contributed by atoms with E-state index in [9.17, 15) is 9.59 Å². The minimum atomic E-state index is -0.510. The van der Waals surface area contributed by atoms with Crippen molar-refractivity contribution in [3.8, 4) is 0 Å². The van der Waals surface area contributed by atoms with Gasteiger partial charge < -0.3 is 9.64 Å². The zero-order chi connectivity index (χ0) is 21.3. The van der Waals surface area contributed by atoms with Crippen LogP contribution in [0.5, 0.6) is 0 Å². The molecule has 1 amide bonds. The number of hydrogen-bond donors (Lipinski definition) is 0. The number of likely N-dealkylation sites (N-methyl/N-ethyl adjacent to an activating group) is 1. The highest BCUT2D eigenvalue weighted by Crippen LogP contribution is 2.24. The smallest absolute Gasteiger partial charge is 0.338 e. The minimum Gasteiger partial charge on any atom is -0.452 e. The van der Waals surface area contributed by atoms with Crippen LogP contribution in [0.1, 0.15) is 22.8 Å². The molecule has 0 saturated carbocycles. The predicted octanol–water partition coefficient (Wildman–Crippen LogP) is 5.84. The van der Waals surface area contributed by atoms with Crippen LogP contribution in [0.25, 0.3) is 0 Å². The SMILES string of the molecule is CCN(C(=O)COC(=O)c1ccc(CSc2ccc(Cl)cc2)cc1)c1ccccc1. The summed E-state index contributed by atoms with van der Waals surface area (Å²) >= 11 is 7.59. The van der Waals surface area contributed by atoms with Gasteiger partial charge in [0.2, 0.25) is 0 Å². The molecule has 0 aromatic heterocycles. The van der Waals surface area contributed by atoms with Gasteiger partial charge >= 0.3 is 5.97 Å². The molecule has 0 aliphatic heterocycles. The first-order valence-corrected chi connectivity index (χ1v) is 10.9. The molecule has 0 unspecified atom stereocenters. The number of carbonyl (C=O) groups excluding carboxylic acids is 2. The van der Waals surface area contributed by atoms with Crippen LogP contribution < -0.4 is 4.90 Å². The van der Waals surface area contributed by atoms with Gasteiger partial charge in [-0.25, -0.2) is 4.79 Å². The van der Waals surface area contributed by atoms with E-state index in [0.29, 0.717) is 17.1 Å². The second-order valence-corrected chi connectivity index (χ2v) is 7.97. The van der Waals surface area contributed by atoms with E-state index in [-0.39, 0.29) is 12.5 Å². The van der Waals surface area contributed by atoms with E-state index in [0.717, 1.165) is 21.9 Å². The third kappa shape index (κ3) is 6.12. The molecule has 3 rings (SSSR count). The van der Waals surface area contributed by atoms with Crippen LogP contribution in [0.3, 0.4) is 0 Å². The molecule has 0 saturated heterocycles. The van der Waals surface area contributed by atoms with E-state index in [2.05, 4.69) is 0 Å². The molecule has 3 aromatic carbocycles. The molecule has 0 fully saturated rings. The number of esters is 1. The van der Waals surface area contributed by atoms with E-state index in [1.54, 1.807) is 28.8 Å². The topological polar surface area (TPSA) is 46.6 Å². The fourth-order valence-corrected chi connectivity index (χ4v) is 3.81. The van der Waals surface area contributed by atoms with Gasteiger partial charge in [-0.2, -0.15) is 0 Å². The van der Waals surface area contributed by atoms with Crippen molar-refractivity contribution in [1.29, 1.82) is 0 Å². The first-order valence-electron chi connectivity index (χ1n) is 9.56. The monoisotopic (exact) mass is 439 g/mol. The lowest BCUT2D eigenvalue weighted by molar-refractivity contribution is -0.121. The Bertz CT molecular complexity index is 976. The molecule has 30 heavy (non-hydrogen) atoms. The molecule has 3 aromatic rings. The Morgan fingerprint density at radius 3 is 2.23 bits per heavy atom. The summed E-state index contributed by atoms with van der Waals surface area (Å²) in [6, 6.07) is 24.2. The van der Waals surface area contributed by atoms with Crippen molar-refractivity contribution >= 4 is 40.9 Å². The number of hydrogen-bond acceptors (Lipinski definition) is 4. The van der Waals surface area contributed by atoms with Crippen LogP contribution in [0.15, 0.2) is 83.8 Å². The van der Waals surface area contributed by atoms with Gasteiger partial charge in [-0.1, -0.05) is 41.9 Å². The van der Waals surface area contributed by atoms with E-state index in [1.807, 2.05) is 73.7 Å². The molecule has 0 radical (unpaired) electrons. The number of nitrogens with zero attached hydrogens (tertiary/aromatic N) is 1. The summed E-state index contributed by atoms with van der Waals surface area (Å²) in [6.45, 7) is 2.09. The number of rotatable bonds is 8. The molecule has 0 spiro atoms. The summed E-state index contributed by atoms with van der Waals surface area (Å²) in [5.74, 6) is 0.00948. The lowest BCUT2D eigenvalue weighted by atomic mass is 10.1. The summed E-state index contributed by atoms with van der Waals surface area (Å²) in [5, 5.41) is 0.714. The van der Waals surface area contributed by atoms with Gasteiger partial charge in [0.15, 0.2) is 6.61 Å². The Labute approximate surface area is 185 Å². The third-order valence-electron chi connectivity index (χ3n) is 4.42. The van der Waals surface area contributed by atoms with Crippen molar-refractivity contribution in [3.05, 3.63) is 95.0 Å². The third-order valence-corrected chi connectivity index (χ3v) is 5.76. The van der Waals surface area contributed by atoms with Crippen LogP contribution in [0.2, 0.25) is 5.02 Å². The summed E-state index contributed by atoms with van der Waals surface area (Å²) in [7, 11) is 0. The number of benzene rings is 3. The first-order chi connectivity index (χ1) is 14.6. The molecule has 0 aliphatic rings. The van der Waals surface area contributed by atoms with Gasteiger partial charge in [-0.3, -0.25) is 4.79 Å². The van der Waals surface area contributed by atoms with E-state index in [4.69, 9.17) is 16.3 Å². The molecule has 154 valence electrons. The van der Waals surface area contributed by atoms with Gasteiger partial charge in [-0.15, -0.1) is 11.8 Å². The number of anilines is 1. The largest absolute Gasteiger partial charge is 0.452 e. The molecule has 0 bridgehead atoms. The Morgan fingerprint density at radius 2 is 1.60 bits per heavy atom. The van der Waals surface area contributed by atoms with Crippen molar-refractivity contribution in [2.45, 2.75) is 17.6 Å². The van der Waals surface area contributed by atoms with Crippen LogP contribution in [0, 0.1) is 0 Å². The summed E-state index contributed by atoms with van der Waals surface area (Å²) in [4.78, 5) is 27.5. The first kappa shape index (κ1) is 21.9. The van der Waals surface area contributed by atoms with Crippen molar-refractivity contribution in [3.63, 3.8) is 0 Å². The number of ether oxygens (including phenoxy) is 1. The van der Waals surface area contributed by atoms with Crippen molar-refractivity contribution in [2.24, 2.45) is 0 Å². The number of amides is 1. The molecule has 6 heteroatoms. The Balaban J connectivity index is 1.51. The second kappa shape index (κ2) is 10.9. The van der Waals surface area contributed by atoms with Gasteiger partial charge in [0, 0.05) is 27.9 Å². The molecule has 0 heterocycles. The highest BCUT2D eigenvalue weighted by molar-refractivity contribution is 7.98. The lowest BCUT2D eigenvalue weighted by Crippen LogP contribution is -2.34. The average molecular weight is 440 g/mol. The zero-order valence-electron chi connectivity index (χ0n) is 16.6. The van der Waals surface area contributed by atoms with Crippen LogP contribution >= 0.6 is 23.4 Å². The van der Waals surface area contributed by atoms with Crippen LogP contribution in [0.4, 0.5) is 5.69 Å². The van der Waals surface area contributed by atoms with Gasteiger partial charge in [-0.05, 0) is 61.0 Å². The van der Waals surface area contributed by atoms with E-state index >= 15 is 0 Å². The summed E-state index contributed by atoms with van der Waals surface area (Å²) < 4.78 is 5.23. The van der Waals surface area contributed by atoms with Crippen LogP contribution in [-0.2, 0) is 15.3 Å². The Hall–Kier alpha value is -2.76. The second-order valence-electron chi connectivity index (χ2n) is 6.49. The number of halogens is 1. The van der Waals surface area contributed by atoms with E-state index in [1.165, 1.54) is 0 Å². The van der Waals surface area contributed by atoms with Crippen molar-refractivity contribution in [2.75, 3.05) is 18.1 Å². The van der Waals surface area contributed by atoms with Gasteiger partial charge in [0.1, 0.15) is 0 Å². The average Bonchev–Trinajstić information content (AvgIpc) is 2.78. The lowest BCUT2D eigenvalue weighted by Gasteiger charge is -2.20. The molecule has 0 aliphatic carbocycles. The standard InChI is InChI=1S/C24H22ClNO3S/c1-2-26(21-6-4-3-5-7-21)23(27)16-29-24(28)19-10-8-18(9-11-19)17-30-22-14-12-20(25)13-15-22/h3-15H,2,16-17H2,1H3. The maximum Gasteiger partial charge on any atom is 0.338 e. The summed E-state index contributed by atoms with van der Waals surface area (Å²) in [5.41, 5.74) is 2.29. The minimum absolute atomic E-state index is 0.256. The molecule has 4 nitrogen and oxygen atoms in total. The number of carbonyl (C=O) groups is 2. The zero-order valence-corrected chi connectivity index (χ0v) is 18.2.